The molecule has 1 aromatic heterocycles. The first-order valence-corrected chi connectivity index (χ1v) is 5.63. The van der Waals surface area contributed by atoms with E-state index in [4.69, 9.17) is 0 Å². The molecule has 1 unspecified atom stereocenters. The molecule has 0 aromatic carbocycles. The maximum absolute atomic E-state index is 11.8. The lowest BCUT2D eigenvalue weighted by molar-refractivity contribution is -0.117. The number of aryl methyl sites for hydroxylation is 1. The highest BCUT2D eigenvalue weighted by molar-refractivity contribution is 5.95. The highest BCUT2D eigenvalue weighted by Crippen LogP contribution is 2.24. The van der Waals surface area contributed by atoms with Crippen molar-refractivity contribution in [2.45, 2.75) is 19.8 Å². The Bertz CT molecular complexity index is 414. The lowest BCUT2D eigenvalue weighted by Crippen LogP contribution is -2.25. The van der Waals surface area contributed by atoms with E-state index in [2.05, 4.69) is 18.5 Å². The molecule has 1 aliphatic heterocycles. The SMILES string of the molecule is C=CC1CC(=O)N(c2cccc(CC)n2)C1. The first kappa shape index (κ1) is 10.9. The van der Waals surface area contributed by atoms with Crippen molar-refractivity contribution < 1.29 is 4.79 Å². The van der Waals surface area contributed by atoms with E-state index in [1.807, 2.05) is 24.3 Å². The lowest BCUT2D eigenvalue weighted by Gasteiger charge is -2.15. The fourth-order valence-corrected chi connectivity index (χ4v) is 1.93. The monoisotopic (exact) mass is 216 g/mol. The van der Waals surface area contributed by atoms with E-state index in [1.165, 1.54) is 0 Å². The molecule has 1 atom stereocenters. The molecule has 0 bridgehead atoms. The van der Waals surface area contributed by atoms with Gasteiger partial charge in [0, 0.05) is 24.6 Å². The van der Waals surface area contributed by atoms with Gasteiger partial charge in [-0.25, -0.2) is 4.98 Å². The zero-order chi connectivity index (χ0) is 11.5. The molecular formula is C13H16N2O. The molecule has 0 saturated carbocycles. The number of rotatable bonds is 3. The average Bonchev–Trinajstić information content (AvgIpc) is 2.71. The molecule has 2 rings (SSSR count). The zero-order valence-corrected chi connectivity index (χ0v) is 9.52. The smallest absolute Gasteiger partial charge is 0.228 e. The van der Waals surface area contributed by atoms with Gasteiger partial charge in [-0.1, -0.05) is 19.1 Å². The van der Waals surface area contributed by atoms with Gasteiger partial charge in [0.2, 0.25) is 5.91 Å². The molecule has 3 heteroatoms. The van der Waals surface area contributed by atoms with Crippen LogP contribution in [0.25, 0.3) is 0 Å². The molecule has 16 heavy (non-hydrogen) atoms. The summed E-state index contributed by atoms with van der Waals surface area (Å²) in [6.45, 7) is 6.51. The number of amides is 1. The summed E-state index contributed by atoms with van der Waals surface area (Å²) in [7, 11) is 0. The molecule has 1 saturated heterocycles. The fraction of sp³-hybridized carbons (Fsp3) is 0.385. The molecule has 1 aliphatic rings. The summed E-state index contributed by atoms with van der Waals surface area (Å²) in [5.41, 5.74) is 1.02. The highest BCUT2D eigenvalue weighted by Gasteiger charge is 2.29. The molecule has 3 nitrogen and oxygen atoms in total. The van der Waals surface area contributed by atoms with Crippen LogP contribution in [-0.2, 0) is 11.2 Å². The van der Waals surface area contributed by atoms with Gasteiger partial charge in [-0.2, -0.15) is 0 Å². The maximum atomic E-state index is 11.8. The summed E-state index contributed by atoms with van der Waals surface area (Å²) in [6.07, 6.45) is 3.30. The van der Waals surface area contributed by atoms with Gasteiger partial charge in [-0.3, -0.25) is 9.69 Å². The number of pyridine rings is 1. The van der Waals surface area contributed by atoms with E-state index in [0.717, 1.165) is 17.9 Å². The van der Waals surface area contributed by atoms with Gasteiger partial charge in [-0.15, -0.1) is 6.58 Å². The van der Waals surface area contributed by atoms with Gasteiger partial charge in [0.1, 0.15) is 5.82 Å². The number of nitrogens with zero attached hydrogens (tertiary/aromatic N) is 2. The van der Waals surface area contributed by atoms with Crippen LogP contribution in [0.5, 0.6) is 0 Å². The van der Waals surface area contributed by atoms with Crippen LogP contribution in [0, 0.1) is 5.92 Å². The van der Waals surface area contributed by atoms with Gasteiger partial charge in [-0.05, 0) is 18.6 Å². The first-order chi connectivity index (χ1) is 7.74. The molecule has 1 aromatic rings. The summed E-state index contributed by atoms with van der Waals surface area (Å²) in [5, 5.41) is 0. The number of hydrogen-bond donors (Lipinski definition) is 0. The Balaban J connectivity index is 2.23. The van der Waals surface area contributed by atoms with Crippen LogP contribution in [0.4, 0.5) is 5.82 Å². The van der Waals surface area contributed by atoms with Gasteiger partial charge >= 0.3 is 0 Å². The van der Waals surface area contributed by atoms with E-state index >= 15 is 0 Å². The van der Waals surface area contributed by atoms with E-state index in [-0.39, 0.29) is 11.8 Å². The largest absolute Gasteiger partial charge is 0.296 e. The normalized spacial score (nSPS) is 20.2. The van der Waals surface area contributed by atoms with Crippen molar-refractivity contribution in [1.82, 2.24) is 4.98 Å². The van der Waals surface area contributed by atoms with E-state index in [0.29, 0.717) is 13.0 Å². The Kier molecular flexibility index (Phi) is 3.04. The first-order valence-electron chi connectivity index (χ1n) is 5.63. The fourth-order valence-electron chi connectivity index (χ4n) is 1.93. The molecule has 0 aliphatic carbocycles. The third-order valence-corrected chi connectivity index (χ3v) is 2.92. The van der Waals surface area contributed by atoms with Crippen molar-refractivity contribution >= 4 is 11.7 Å². The van der Waals surface area contributed by atoms with Gasteiger partial charge in [0.25, 0.3) is 0 Å². The third kappa shape index (κ3) is 1.98. The molecule has 0 N–H and O–H groups in total. The Morgan fingerprint density at radius 1 is 1.62 bits per heavy atom. The number of carbonyl (C=O) groups is 1. The summed E-state index contributed by atoms with van der Waals surface area (Å²) in [5.74, 6) is 1.18. The number of carbonyl (C=O) groups excluding carboxylic acids is 1. The number of anilines is 1. The van der Waals surface area contributed by atoms with Crippen molar-refractivity contribution in [2.75, 3.05) is 11.4 Å². The van der Waals surface area contributed by atoms with E-state index in [9.17, 15) is 4.79 Å². The Morgan fingerprint density at radius 2 is 2.44 bits per heavy atom. The van der Waals surface area contributed by atoms with Crippen molar-refractivity contribution in [3.63, 3.8) is 0 Å². The average molecular weight is 216 g/mol. The second kappa shape index (κ2) is 4.47. The molecule has 1 amide bonds. The minimum atomic E-state index is 0.144. The van der Waals surface area contributed by atoms with Crippen LogP contribution in [0.2, 0.25) is 0 Å². The lowest BCUT2D eigenvalue weighted by atomic mass is 10.1. The minimum absolute atomic E-state index is 0.144. The summed E-state index contributed by atoms with van der Waals surface area (Å²) in [6, 6.07) is 5.83. The van der Waals surface area contributed by atoms with Crippen molar-refractivity contribution in [2.24, 2.45) is 5.92 Å². The van der Waals surface area contributed by atoms with E-state index in [1.54, 1.807) is 4.90 Å². The van der Waals surface area contributed by atoms with Crippen molar-refractivity contribution in [3.8, 4) is 0 Å². The maximum Gasteiger partial charge on any atom is 0.228 e. The van der Waals surface area contributed by atoms with Crippen LogP contribution in [0.15, 0.2) is 30.9 Å². The molecule has 84 valence electrons. The summed E-state index contributed by atoms with van der Waals surface area (Å²) in [4.78, 5) is 18.0. The summed E-state index contributed by atoms with van der Waals surface area (Å²) >= 11 is 0. The Labute approximate surface area is 95.8 Å². The van der Waals surface area contributed by atoms with Crippen LogP contribution in [0.1, 0.15) is 19.0 Å². The Morgan fingerprint density at radius 3 is 3.06 bits per heavy atom. The Hall–Kier alpha value is -1.64. The van der Waals surface area contributed by atoms with Crippen LogP contribution in [0.3, 0.4) is 0 Å². The second-order valence-electron chi connectivity index (χ2n) is 4.04. The molecule has 1 fully saturated rings. The van der Waals surface area contributed by atoms with Gasteiger partial charge < -0.3 is 0 Å². The predicted molar refractivity (Wildman–Crippen MR) is 64.3 cm³/mol. The van der Waals surface area contributed by atoms with Crippen LogP contribution in [-0.4, -0.2) is 17.4 Å². The van der Waals surface area contributed by atoms with Gasteiger partial charge in [0.15, 0.2) is 0 Å². The molecule has 0 radical (unpaired) electrons. The topological polar surface area (TPSA) is 33.2 Å². The van der Waals surface area contributed by atoms with E-state index < -0.39 is 0 Å². The molecular weight excluding hydrogens is 200 g/mol. The predicted octanol–water partition coefficient (Wildman–Crippen LogP) is 2.18. The molecule has 2 heterocycles. The van der Waals surface area contributed by atoms with Crippen LogP contribution >= 0.6 is 0 Å². The number of aromatic nitrogens is 1. The quantitative estimate of drug-likeness (QED) is 0.725. The second-order valence-corrected chi connectivity index (χ2v) is 4.04. The minimum Gasteiger partial charge on any atom is -0.296 e. The standard InChI is InChI=1S/C13H16N2O/c1-3-10-8-13(16)15(9-10)12-7-5-6-11(4-2)14-12/h3,5-7,10H,1,4,8-9H2,2H3. The third-order valence-electron chi connectivity index (χ3n) is 2.92. The number of hydrogen-bond acceptors (Lipinski definition) is 2. The summed E-state index contributed by atoms with van der Waals surface area (Å²) < 4.78 is 0. The zero-order valence-electron chi connectivity index (χ0n) is 9.52. The van der Waals surface area contributed by atoms with Crippen molar-refractivity contribution in [1.29, 1.82) is 0 Å². The van der Waals surface area contributed by atoms with Crippen LogP contribution < -0.4 is 4.90 Å². The van der Waals surface area contributed by atoms with Gasteiger partial charge in [0.05, 0.1) is 0 Å². The molecule has 0 spiro atoms. The van der Waals surface area contributed by atoms with Crippen molar-refractivity contribution in [3.05, 3.63) is 36.5 Å². The highest BCUT2D eigenvalue weighted by atomic mass is 16.2.